The van der Waals surface area contributed by atoms with Crippen molar-refractivity contribution < 1.29 is 14.3 Å². The quantitative estimate of drug-likeness (QED) is 0.570. The number of hydrogen-bond donors (Lipinski definition) is 3. The van der Waals surface area contributed by atoms with Gasteiger partial charge >= 0.3 is 6.03 Å². The molecule has 3 rings (SSSR count). The highest BCUT2D eigenvalue weighted by atomic mass is 32.1. The molecular weight excluding hydrogens is 368 g/mol. The van der Waals surface area contributed by atoms with E-state index in [1.54, 1.807) is 24.5 Å². The van der Waals surface area contributed by atoms with Gasteiger partial charge in [0.25, 0.3) is 5.19 Å². The van der Waals surface area contributed by atoms with E-state index < -0.39 is 6.03 Å². The van der Waals surface area contributed by atoms with Gasteiger partial charge in [-0.1, -0.05) is 11.3 Å². The van der Waals surface area contributed by atoms with Crippen molar-refractivity contribution in [2.24, 2.45) is 5.73 Å². The Morgan fingerprint density at radius 3 is 2.74 bits per heavy atom. The lowest BCUT2D eigenvalue weighted by atomic mass is 10.2. The third-order valence-corrected chi connectivity index (χ3v) is 4.33. The van der Waals surface area contributed by atoms with E-state index in [2.05, 4.69) is 25.5 Å². The van der Waals surface area contributed by atoms with Crippen LogP contribution in [0.5, 0.6) is 16.8 Å². The van der Waals surface area contributed by atoms with E-state index >= 15 is 0 Å². The lowest BCUT2D eigenvalue weighted by Crippen LogP contribution is -2.31. The van der Waals surface area contributed by atoms with Crippen molar-refractivity contribution in [3.05, 3.63) is 36.3 Å². The van der Waals surface area contributed by atoms with Crippen LogP contribution in [0, 0.1) is 0 Å². The minimum atomic E-state index is -0.592. The summed E-state index contributed by atoms with van der Waals surface area (Å²) in [6.45, 7) is 5.69. The lowest BCUT2D eigenvalue weighted by Gasteiger charge is -2.08. The Morgan fingerprint density at radius 2 is 2.07 bits per heavy atom. The summed E-state index contributed by atoms with van der Waals surface area (Å²) in [4.78, 5) is 20.2. The normalized spacial score (nSPS) is 12.0. The summed E-state index contributed by atoms with van der Waals surface area (Å²) < 4.78 is 11.2. The molecule has 1 atom stereocenters. The zero-order valence-electron chi connectivity index (χ0n) is 15.1. The van der Waals surface area contributed by atoms with Gasteiger partial charge in [-0.05, 0) is 32.9 Å². The summed E-state index contributed by atoms with van der Waals surface area (Å²) in [6, 6.07) is 4.49. The predicted molar refractivity (Wildman–Crippen MR) is 101 cm³/mol. The van der Waals surface area contributed by atoms with Crippen LogP contribution in [0.1, 0.15) is 32.5 Å². The van der Waals surface area contributed by atoms with Gasteiger partial charge in [0.15, 0.2) is 0 Å². The van der Waals surface area contributed by atoms with Gasteiger partial charge in [-0.2, -0.15) is 5.10 Å². The van der Waals surface area contributed by atoms with Crippen LogP contribution in [0.15, 0.2) is 30.6 Å². The Balaban J connectivity index is 1.66. The number of urea groups is 1. The molecule has 0 radical (unpaired) electrons. The summed E-state index contributed by atoms with van der Waals surface area (Å²) in [5, 5.41) is 10.2. The Labute approximate surface area is 159 Å². The van der Waals surface area contributed by atoms with E-state index in [1.165, 1.54) is 11.3 Å². The molecule has 0 spiro atoms. The maximum Gasteiger partial charge on any atom is 0.312 e. The smallest absolute Gasteiger partial charge is 0.312 e. The van der Waals surface area contributed by atoms with Gasteiger partial charge in [-0.3, -0.25) is 5.10 Å². The van der Waals surface area contributed by atoms with Gasteiger partial charge in [0.2, 0.25) is 5.88 Å². The summed E-state index contributed by atoms with van der Waals surface area (Å²) >= 11 is 1.35. The molecule has 4 N–H and O–H groups in total. The molecule has 10 heteroatoms. The molecule has 0 fully saturated rings. The number of amides is 2. The van der Waals surface area contributed by atoms with Crippen LogP contribution in [0.4, 0.5) is 4.79 Å². The van der Waals surface area contributed by atoms with Gasteiger partial charge in [-0.25, -0.2) is 14.8 Å². The van der Waals surface area contributed by atoms with E-state index in [0.29, 0.717) is 22.5 Å². The summed E-state index contributed by atoms with van der Waals surface area (Å²) in [5.41, 5.74) is 6.58. The molecule has 27 heavy (non-hydrogen) atoms. The molecule has 0 aliphatic carbocycles. The van der Waals surface area contributed by atoms with Crippen molar-refractivity contribution in [2.45, 2.75) is 32.9 Å². The lowest BCUT2D eigenvalue weighted by molar-refractivity contribution is 0.232. The third-order valence-electron chi connectivity index (χ3n) is 3.43. The molecular formula is C17H20N6O3S. The SMILES string of the molecule is CC(C)Oc1ccc(Oc2ncc(-c3cc(C(C)NC(N)=O)[nH]n3)s2)cn1. The van der Waals surface area contributed by atoms with Crippen molar-refractivity contribution in [1.82, 2.24) is 25.5 Å². The molecule has 2 amide bonds. The third kappa shape index (κ3) is 4.94. The molecule has 0 bridgehead atoms. The van der Waals surface area contributed by atoms with Crippen molar-refractivity contribution >= 4 is 17.4 Å². The second-order valence-corrected chi connectivity index (χ2v) is 7.02. The number of H-pyrrole nitrogens is 1. The first-order valence-corrected chi connectivity index (χ1v) is 9.10. The molecule has 3 aromatic heterocycles. The van der Waals surface area contributed by atoms with Crippen LogP contribution in [0.3, 0.4) is 0 Å². The summed E-state index contributed by atoms with van der Waals surface area (Å²) in [5.74, 6) is 1.11. The number of aromatic nitrogens is 4. The summed E-state index contributed by atoms with van der Waals surface area (Å²) in [7, 11) is 0. The van der Waals surface area contributed by atoms with Gasteiger partial charge < -0.3 is 20.5 Å². The first-order chi connectivity index (χ1) is 12.9. The molecule has 142 valence electrons. The number of carbonyl (C=O) groups excluding carboxylic acids is 1. The zero-order valence-corrected chi connectivity index (χ0v) is 15.9. The maximum absolute atomic E-state index is 10.9. The largest absolute Gasteiger partial charge is 0.475 e. The molecule has 9 nitrogen and oxygen atoms in total. The number of nitrogens with one attached hydrogen (secondary N) is 2. The fourth-order valence-corrected chi connectivity index (χ4v) is 2.98. The Bertz CT molecular complexity index is 906. The van der Waals surface area contributed by atoms with Gasteiger partial charge in [-0.15, -0.1) is 0 Å². The number of nitrogens with two attached hydrogens (primary N) is 1. The molecule has 0 aliphatic rings. The maximum atomic E-state index is 10.9. The number of ether oxygens (including phenoxy) is 2. The van der Waals surface area contributed by atoms with E-state index in [4.69, 9.17) is 15.2 Å². The monoisotopic (exact) mass is 388 g/mol. The minimum absolute atomic E-state index is 0.0606. The Kier molecular flexibility index (Phi) is 5.55. The van der Waals surface area contributed by atoms with Crippen molar-refractivity contribution in [3.63, 3.8) is 0 Å². The van der Waals surface area contributed by atoms with Gasteiger partial charge in [0.1, 0.15) is 11.4 Å². The number of rotatable bonds is 7. The van der Waals surface area contributed by atoms with Crippen LogP contribution >= 0.6 is 11.3 Å². The van der Waals surface area contributed by atoms with Crippen LogP contribution < -0.4 is 20.5 Å². The predicted octanol–water partition coefficient (Wildman–Crippen LogP) is 3.24. The van der Waals surface area contributed by atoms with E-state index in [0.717, 1.165) is 10.6 Å². The number of hydrogen-bond acceptors (Lipinski definition) is 7. The van der Waals surface area contributed by atoms with Crippen LogP contribution in [0.2, 0.25) is 0 Å². The van der Waals surface area contributed by atoms with E-state index in [1.807, 2.05) is 26.8 Å². The molecule has 0 aromatic carbocycles. The molecule has 0 saturated carbocycles. The molecule has 3 heterocycles. The van der Waals surface area contributed by atoms with Crippen molar-refractivity contribution in [1.29, 1.82) is 0 Å². The number of primary amides is 1. The topological polar surface area (TPSA) is 128 Å². The molecule has 0 saturated heterocycles. The van der Waals surface area contributed by atoms with E-state index in [9.17, 15) is 4.79 Å². The van der Waals surface area contributed by atoms with Crippen LogP contribution in [0.25, 0.3) is 10.6 Å². The number of thiazole rings is 1. The standard InChI is InChI=1S/C17H20N6O3S/c1-9(2)25-15-5-4-11(7-19-15)26-17-20-8-14(27-17)13-6-12(22-23-13)10(3)21-16(18)24/h4-10H,1-3H3,(H,22,23)(H3,18,21,24). The van der Waals surface area contributed by atoms with Crippen molar-refractivity contribution in [2.75, 3.05) is 0 Å². The fraction of sp³-hybridized carbons (Fsp3) is 0.294. The average Bonchev–Trinajstić information content (AvgIpc) is 3.25. The molecule has 0 aliphatic heterocycles. The second kappa shape index (κ2) is 8.04. The first kappa shape index (κ1) is 18.6. The van der Waals surface area contributed by atoms with E-state index in [-0.39, 0.29) is 12.1 Å². The zero-order chi connectivity index (χ0) is 19.4. The van der Waals surface area contributed by atoms with Crippen LogP contribution in [-0.2, 0) is 0 Å². The highest BCUT2D eigenvalue weighted by molar-refractivity contribution is 7.16. The molecule has 1 unspecified atom stereocenters. The fourth-order valence-electron chi connectivity index (χ4n) is 2.24. The Morgan fingerprint density at radius 1 is 1.26 bits per heavy atom. The van der Waals surface area contributed by atoms with Crippen LogP contribution in [-0.4, -0.2) is 32.3 Å². The molecule has 3 aromatic rings. The van der Waals surface area contributed by atoms with Gasteiger partial charge in [0, 0.05) is 6.07 Å². The highest BCUT2D eigenvalue weighted by Crippen LogP contribution is 2.33. The second-order valence-electron chi connectivity index (χ2n) is 6.03. The number of aromatic amines is 1. The highest BCUT2D eigenvalue weighted by Gasteiger charge is 2.14. The number of carbonyl (C=O) groups is 1. The first-order valence-electron chi connectivity index (χ1n) is 8.28. The average molecular weight is 388 g/mol. The van der Waals surface area contributed by atoms with Gasteiger partial charge in [0.05, 0.1) is 35.1 Å². The number of pyridine rings is 1. The summed E-state index contributed by atoms with van der Waals surface area (Å²) in [6.07, 6.45) is 3.32. The number of nitrogens with zero attached hydrogens (tertiary/aromatic N) is 3. The Hall–Kier alpha value is -3.14. The minimum Gasteiger partial charge on any atom is -0.475 e. The van der Waals surface area contributed by atoms with Crippen molar-refractivity contribution in [3.8, 4) is 27.4 Å².